The topological polar surface area (TPSA) is 12.0 Å². The molecule has 0 aliphatic heterocycles. The van der Waals surface area contributed by atoms with Gasteiger partial charge in [0.25, 0.3) is 0 Å². The molecule has 1 unspecified atom stereocenters. The van der Waals surface area contributed by atoms with Gasteiger partial charge in [-0.2, -0.15) is 0 Å². The fraction of sp³-hybridized carbons (Fsp3) is 0.200. The van der Waals surface area contributed by atoms with Crippen molar-refractivity contribution in [2.45, 2.75) is 12.5 Å². The van der Waals surface area contributed by atoms with Gasteiger partial charge in [0.2, 0.25) is 0 Å². The Bertz CT molecular complexity index is 619. The Balaban J connectivity index is 2.31. The van der Waals surface area contributed by atoms with Crippen molar-refractivity contribution >= 4 is 45.8 Å². The largest absolute Gasteiger partial charge is 0.313 e. The van der Waals surface area contributed by atoms with E-state index in [1.807, 2.05) is 13.1 Å². The lowest BCUT2D eigenvalue weighted by Gasteiger charge is -2.19. The molecule has 106 valence electrons. The summed E-state index contributed by atoms with van der Waals surface area (Å²) in [6.45, 7) is 0. The summed E-state index contributed by atoms with van der Waals surface area (Å²) in [7, 11) is 1.88. The molecule has 1 nitrogen and oxygen atoms in total. The van der Waals surface area contributed by atoms with Crippen LogP contribution < -0.4 is 5.32 Å². The highest BCUT2D eigenvalue weighted by Gasteiger charge is 2.15. The number of hydrogen-bond donors (Lipinski definition) is 1. The molecule has 20 heavy (non-hydrogen) atoms. The Morgan fingerprint density at radius 3 is 2.60 bits per heavy atom. The second-order valence-corrected chi connectivity index (χ2v) is 6.45. The van der Waals surface area contributed by atoms with Crippen LogP contribution in [0, 0.1) is 9.39 Å². The molecule has 0 heterocycles. The molecule has 0 amide bonds. The van der Waals surface area contributed by atoms with E-state index in [9.17, 15) is 4.39 Å². The van der Waals surface area contributed by atoms with E-state index in [1.54, 1.807) is 18.2 Å². The summed E-state index contributed by atoms with van der Waals surface area (Å²) in [5.41, 5.74) is 2.02. The zero-order valence-corrected chi connectivity index (χ0v) is 14.4. The fourth-order valence-corrected chi connectivity index (χ4v) is 3.31. The molecule has 0 aliphatic rings. The number of rotatable bonds is 4. The van der Waals surface area contributed by atoms with E-state index in [2.05, 4.69) is 27.9 Å². The Morgan fingerprint density at radius 2 is 1.95 bits per heavy atom. The van der Waals surface area contributed by atoms with Crippen LogP contribution in [0.5, 0.6) is 0 Å². The number of likely N-dealkylation sites (N-methyl/N-ethyl adjacent to an activating group) is 1. The molecule has 2 rings (SSSR count). The number of nitrogens with one attached hydrogen (secondary N) is 1. The van der Waals surface area contributed by atoms with Gasteiger partial charge in [-0.05, 0) is 77.5 Å². The van der Waals surface area contributed by atoms with E-state index in [4.69, 9.17) is 23.2 Å². The van der Waals surface area contributed by atoms with E-state index >= 15 is 0 Å². The molecule has 0 saturated heterocycles. The molecule has 5 heteroatoms. The van der Waals surface area contributed by atoms with Crippen LogP contribution in [0.1, 0.15) is 17.2 Å². The number of benzene rings is 2. The summed E-state index contributed by atoms with van der Waals surface area (Å²) in [6, 6.07) is 10.3. The molecule has 1 N–H and O–H groups in total. The minimum Gasteiger partial charge on any atom is -0.313 e. The van der Waals surface area contributed by atoms with Gasteiger partial charge in [-0.1, -0.05) is 29.3 Å². The van der Waals surface area contributed by atoms with Crippen LogP contribution >= 0.6 is 45.8 Å². The molecule has 0 bridgehead atoms. The summed E-state index contributed by atoms with van der Waals surface area (Å²) < 4.78 is 14.1. The molecule has 0 aliphatic carbocycles. The Morgan fingerprint density at radius 1 is 1.20 bits per heavy atom. The molecule has 0 spiro atoms. The molecule has 0 radical (unpaired) electrons. The number of halogens is 4. The summed E-state index contributed by atoms with van der Waals surface area (Å²) in [6.07, 6.45) is 0.692. The third-order valence-electron chi connectivity index (χ3n) is 3.12. The van der Waals surface area contributed by atoms with Crippen molar-refractivity contribution in [1.82, 2.24) is 5.32 Å². The molecule has 2 aromatic rings. The van der Waals surface area contributed by atoms with Gasteiger partial charge in [0, 0.05) is 19.7 Å². The van der Waals surface area contributed by atoms with Crippen LogP contribution in [-0.2, 0) is 6.42 Å². The molecular formula is C15H13Cl2FIN. The van der Waals surface area contributed by atoms with Gasteiger partial charge in [0.15, 0.2) is 0 Å². The SMILES string of the molecule is CNC(Cc1cc(Cl)ccc1Cl)c1ccc(F)cc1I. The third kappa shape index (κ3) is 3.85. The number of hydrogen-bond acceptors (Lipinski definition) is 1. The van der Waals surface area contributed by atoms with Crippen LogP contribution in [-0.4, -0.2) is 7.05 Å². The average Bonchev–Trinajstić information content (AvgIpc) is 2.40. The molecule has 0 aromatic heterocycles. The van der Waals surface area contributed by atoms with Gasteiger partial charge in [-0.25, -0.2) is 4.39 Å². The monoisotopic (exact) mass is 423 g/mol. The highest BCUT2D eigenvalue weighted by atomic mass is 127. The lowest BCUT2D eigenvalue weighted by molar-refractivity contribution is 0.582. The van der Waals surface area contributed by atoms with Crippen molar-refractivity contribution in [3.05, 3.63) is 67.0 Å². The zero-order valence-electron chi connectivity index (χ0n) is 10.8. The lowest BCUT2D eigenvalue weighted by Crippen LogP contribution is -2.20. The van der Waals surface area contributed by atoms with Crippen molar-refractivity contribution in [1.29, 1.82) is 0 Å². The highest BCUT2D eigenvalue weighted by Crippen LogP contribution is 2.28. The van der Waals surface area contributed by atoms with Crippen molar-refractivity contribution < 1.29 is 4.39 Å². The Hall–Kier alpha value is -0.360. The van der Waals surface area contributed by atoms with Crippen LogP contribution in [0.4, 0.5) is 4.39 Å². The van der Waals surface area contributed by atoms with E-state index in [-0.39, 0.29) is 11.9 Å². The van der Waals surface area contributed by atoms with Gasteiger partial charge in [-0.3, -0.25) is 0 Å². The Labute approximate surface area is 141 Å². The first kappa shape index (κ1) is 16.0. The van der Waals surface area contributed by atoms with Gasteiger partial charge in [0.1, 0.15) is 5.82 Å². The standard InChI is InChI=1S/C15H13Cl2FIN/c1-20-15(12-4-3-11(18)8-14(12)19)7-9-6-10(16)2-5-13(9)17/h2-6,8,15,20H,7H2,1H3. The maximum atomic E-state index is 13.2. The summed E-state index contributed by atoms with van der Waals surface area (Å²) >= 11 is 14.4. The average molecular weight is 424 g/mol. The van der Waals surface area contributed by atoms with E-state index in [0.717, 1.165) is 14.7 Å². The van der Waals surface area contributed by atoms with Crippen molar-refractivity contribution in [3.63, 3.8) is 0 Å². The van der Waals surface area contributed by atoms with Crippen molar-refractivity contribution in [3.8, 4) is 0 Å². The predicted molar refractivity (Wildman–Crippen MR) is 91.1 cm³/mol. The fourth-order valence-electron chi connectivity index (χ4n) is 2.07. The van der Waals surface area contributed by atoms with Crippen LogP contribution in [0.3, 0.4) is 0 Å². The quantitative estimate of drug-likeness (QED) is 0.663. The Kier molecular flexibility index (Phi) is 5.66. The minimum atomic E-state index is -0.228. The molecule has 0 fully saturated rings. The molecule has 1 atom stereocenters. The van der Waals surface area contributed by atoms with Gasteiger partial charge in [0.05, 0.1) is 0 Å². The first-order chi connectivity index (χ1) is 9.51. The normalized spacial score (nSPS) is 12.4. The minimum absolute atomic E-state index is 0.0541. The summed E-state index contributed by atoms with van der Waals surface area (Å²) in [4.78, 5) is 0. The van der Waals surface area contributed by atoms with Gasteiger partial charge < -0.3 is 5.32 Å². The van der Waals surface area contributed by atoms with Crippen molar-refractivity contribution in [2.75, 3.05) is 7.05 Å². The van der Waals surface area contributed by atoms with Crippen LogP contribution in [0.25, 0.3) is 0 Å². The first-order valence-electron chi connectivity index (χ1n) is 6.07. The lowest BCUT2D eigenvalue weighted by atomic mass is 9.99. The zero-order chi connectivity index (χ0) is 14.7. The second kappa shape index (κ2) is 7.07. The summed E-state index contributed by atoms with van der Waals surface area (Å²) in [5, 5.41) is 4.59. The van der Waals surface area contributed by atoms with E-state index < -0.39 is 0 Å². The molecule has 0 saturated carbocycles. The smallest absolute Gasteiger partial charge is 0.124 e. The van der Waals surface area contributed by atoms with E-state index in [1.165, 1.54) is 12.1 Å². The third-order valence-corrected chi connectivity index (χ3v) is 4.66. The second-order valence-electron chi connectivity index (χ2n) is 4.45. The predicted octanol–water partition coefficient (Wildman–Crippen LogP) is 5.24. The van der Waals surface area contributed by atoms with Gasteiger partial charge >= 0.3 is 0 Å². The van der Waals surface area contributed by atoms with Crippen LogP contribution in [0.2, 0.25) is 10.0 Å². The van der Waals surface area contributed by atoms with Crippen LogP contribution in [0.15, 0.2) is 36.4 Å². The maximum absolute atomic E-state index is 13.2. The van der Waals surface area contributed by atoms with Gasteiger partial charge in [-0.15, -0.1) is 0 Å². The van der Waals surface area contributed by atoms with Crippen molar-refractivity contribution in [2.24, 2.45) is 0 Å². The first-order valence-corrected chi connectivity index (χ1v) is 7.91. The summed E-state index contributed by atoms with van der Waals surface area (Å²) in [5.74, 6) is -0.228. The maximum Gasteiger partial charge on any atom is 0.124 e. The highest BCUT2D eigenvalue weighted by molar-refractivity contribution is 14.1. The molecular weight excluding hydrogens is 411 g/mol. The van der Waals surface area contributed by atoms with E-state index in [0.29, 0.717) is 16.5 Å². The molecule has 2 aromatic carbocycles.